The Bertz CT molecular complexity index is 4820. The molecule has 0 radical (unpaired) electrons. The Labute approximate surface area is 640 Å². The third-order valence-electron chi connectivity index (χ3n) is 21.7. The van der Waals surface area contributed by atoms with Crippen LogP contribution in [-0.4, -0.2) is 172 Å². The molecule has 12 heterocycles. The molecule has 0 bridgehead atoms. The fourth-order valence-corrected chi connectivity index (χ4v) is 15.9. The second-order valence-corrected chi connectivity index (χ2v) is 30.4. The molecule has 9 aromatic rings. The number of fused-ring (bicyclic) bond motifs is 3. The minimum atomic E-state index is -0.510. The van der Waals surface area contributed by atoms with Crippen LogP contribution in [0.15, 0.2) is 94.5 Å². The number of nitrogens with one attached hydrogen (secondary N) is 5. The zero-order valence-electron chi connectivity index (χ0n) is 64.9. The summed E-state index contributed by atoms with van der Waals surface area (Å²) in [6.45, 7) is 31.0. The number of aromatic nitrogens is 12. The van der Waals surface area contributed by atoms with Crippen molar-refractivity contribution in [1.82, 2.24) is 74.1 Å². The van der Waals surface area contributed by atoms with E-state index in [0.29, 0.717) is 107 Å². The lowest BCUT2D eigenvalue weighted by atomic mass is 10.0. The first-order valence-electron chi connectivity index (χ1n) is 39.0. The Balaban J connectivity index is 0.000000147. The molecule has 3 saturated carbocycles. The number of Topliss-reactive ketones (excluding diaryl/α,β-unsaturated/α-hetero) is 2. The van der Waals surface area contributed by atoms with Crippen molar-refractivity contribution in [3.63, 3.8) is 0 Å². The fourth-order valence-electron chi connectivity index (χ4n) is 15.9. The van der Waals surface area contributed by atoms with Crippen molar-refractivity contribution in [1.29, 1.82) is 0 Å². The summed E-state index contributed by atoms with van der Waals surface area (Å²) in [5.74, 6) is 2.98. The van der Waals surface area contributed by atoms with E-state index >= 15 is 0 Å². The molecule has 580 valence electrons. The molecule has 110 heavy (non-hydrogen) atoms. The van der Waals surface area contributed by atoms with Gasteiger partial charge in [0.2, 0.25) is 17.8 Å². The van der Waals surface area contributed by atoms with E-state index in [1.165, 1.54) is 13.8 Å². The first-order chi connectivity index (χ1) is 53.1. The monoisotopic (exact) mass is 1500 g/mol. The molecule has 29 nitrogen and oxygen atoms in total. The summed E-state index contributed by atoms with van der Waals surface area (Å²) < 4.78 is 16.7. The van der Waals surface area contributed by atoms with Gasteiger partial charge in [-0.15, -0.1) is 0 Å². The van der Waals surface area contributed by atoms with Crippen molar-refractivity contribution < 1.29 is 23.9 Å². The second-order valence-electron chi connectivity index (χ2n) is 30.4. The number of ether oxygens (including phenoxy) is 2. The minimum Gasteiger partial charge on any atom is -0.493 e. The maximum Gasteiger partial charge on any atom is 0.410 e. The molecule has 1 amide bonds. The number of pyridine rings is 6. The summed E-state index contributed by atoms with van der Waals surface area (Å²) >= 11 is 0. The molecule has 9 aromatic heterocycles. The normalized spacial score (nSPS) is 16.6. The van der Waals surface area contributed by atoms with Gasteiger partial charge in [0.1, 0.15) is 45.8 Å². The molecule has 0 spiro atoms. The van der Waals surface area contributed by atoms with E-state index < -0.39 is 5.60 Å². The van der Waals surface area contributed by atoms with E-state index in [1.54, 1.807) is 46.5 Å². The van der Waals surface area contributed by atoms with Gasteiger partial charge in [-0.05, 0) is 153 Å². The maximum atomic E-state index is 13.9. The van der Waals surface area contributed by atoms with Crippen LogP contribution in [0.2, 0.25) is 0 Å². The van der Waals surface area contributed by atoms with Crippen molar-refractivity contribution in [3.05, 3.63) is 145 Å². The lowest BCUT2D eigenvalue weighted by molar-refractivity contribution is 0.0240. The van der Waals surface area contributed by atoms with Crippen molar-refractivity contribution in [2.45, 2.75) is 176 Å². The van der Waals surface area contributed by atoms with Crippen LogP contribution in [0.4, 0.5) is 57.2 Å². The second kappa shape index (κ2) is 34.4. The molecule has 0 atom stereocenters. The van der Waals surface area contributed by atoms with Gasteiger partial charge in [-0.25, -0.2) is 34.7 Å². The molecule has 15 rings (SSSR count). The standard InChI is InChI=1S/C33H45N7O4.2C24H29N7O2/c1-7-8-19-43-23(3)28-22(2)26-21-35-31(37-29(26)40(30(28)41)24-11-9-10-12-24)36-27-14-13-25(20-34-27)38-15-17-39(18-16-38)32(42)44-33(4,5)6;2*1-15-19-14-27-24(28-20-8-7-18(13-26-20)30-11-9-25-10-12-30)29-22(19)31(17-5-3-4-6-17)23(33)21(15)16(2)32/h13-14,20-21,24H,3,7-12,15-19H2,1-2,4-6H3,(H,34,35,36,37);2*7-8,13-14,17,25H,3-6,9-12H2,1-2H3,(H,26,27,28,29). The number of hydrogen-bond acceptors (Lipinski definition) is 25. The van der Waals surface area contributed by atoms with Crippen LogP contribution in [0.1, 0.15) is 193 Å². The highest BCUT2D eigenvalue weighted by atomic mass is 16.6. The van der Waals surface area contributed by atoms with Crippen LogP contribution < -0.4 is 58.0 Å². The molecule has 6 fully saturated rings. The number of rotatable bonds is 19. The topological polar surface area (TPSA) is 325 Å². The number of piperazine rings is 3. The largest absolute Gasteiger partial charge is 0.493 e. The zero-order valence-corrected chi connectivity index (χ0v) is 64.9. The quantitative estimate of drug-likeness (QED) is 0.0285. The molecule has 0 unspecified atom stereocenters. The van der Waals surface area contributed by atoms with Crippen molar-refractivity contribution in [2.75, 3.05) is 116 Å². The number of aryl methyl sites for hydroxylation is 3. The van der Waals surface area contributed by atoms with E-state index in [0.717, 1.165) is 181 Å². The molecule has 5 N–H and O–H groups in total. The van der Waals surface area contributed by atoms with E-state index in [4.69, 9.17) is 24.4 Å². The number of ketones is 2. The fraction of sp³-hybridized carbons (Fsp3) is 0.494. The number of unbranched alkanes of at least 4 members (excludes halogenated alkanes) is 1. The molecule has 3 saturated heterocycles. The minimum absolute atomic E-state index is 0.0536. The number of nitrogens with zero attached hydrogens (tertiary/aromatic N) is 16. The first-order valence-corrected chi connectivity index (χ1v) is 39.0. The Morgan fingerprint density at radius 1 is 0.482 bits per heavy atom. The van der Waals surface area contributed by atoms with Crippen molar-refractivity contribution in [3.8, 4) is 0 Å². The summed E-state index contributed by atoms with van der Waals surface area (Å²) in [7, 11) is 0. The van der Waals surface area contributed by atoms with E-state index in [-0.39, 0.29) is 63.6 Å². The first kappa shape index (κ1) is 77.4. The van der Waals surface area contributed by atoms with Gasteiger partial charge in [-0.3, -0.25) is 37.7 Å². The zero-order chi connectivity index (χ0) is 77.3. The number of amides is 1. The van der Waals surface area contributed by atoms with E-state index in [9.17, 15) is 28.8 Å². The third kappa shape index (κ3) is 17.4. The predicted molar refractivity (Wildman–Crippen MR) is 431 cm³/mol. The average Bonchev–Trinajstić information content (AvgIpc) is 1.10. The van der Waals surface area contributed by atoms with Gasteiger partial charge in [-0.1, -0.05) is 58.4 Å². The number of hydrogen-bond donors (Lipinski definition) is 5. The van der Waals surface area contributed by atoms with Gasteiger partial charge >= 0.3 is 6.09 Å². The highest BCUT2D eigenvalue weighted by Gasteiger charge is 2.32. The SMILES string of the molecule is C=C(OCCCC)c1c(C)c2cnc(Nc3ccc(N4CCN(C(=O)OC(C)(C)C)CC4)cn3)nc2n(C2CCCC2)c1=O.CC(=O)c1c(C)c2cnc(Nc3ccc(N4CCNCC4)cn3)nc2n(C2CCCC2)c1=O.CC(=O)c1c(C)c2cnc(Nc3ccc(N4CCNCC4)cn3)nc2n(C2CCCC2)c1=O. The molecular weight excluding hydrogens is 1400 g/mol. The van der Waals surface area contributed by atoms with E-state index in [1.807, 2.05) is 87.3 Å². The van der Waals surface area contributed by atoms with Crippen molar-refractivity contribution >= 4 is 109 Å². The molecular formula is C81H103N21O8. The Morgan fingerprint density at radius 3 is 1.14 bits per heavy atom. The Hall–Kier alpha value is -10.8. The Morgan fingerprint density at radius 2 is 0.818 bits per heavy atom. The molecule has 0 aromatic carbocycles. The van der Waals surface area contributed by atoms with Crippen LogP contribution >= 0.6 is 0 Å². The van der Waals surface area contributed by atoms with Crippen LogP contribution in [0.3, 0.4) is 0 Å². The lowest BCUT2D eigenvalue weighted by Gasteiger charge is -2.36. The predicted octanol–water partition coefficient (Wildman–Crippen LogP) is 12.1. The number of anilines is 9. The summed E-state index contributed by atoms with van der Waals surface area (Å²) in [5, 5.41) is 18.6. The van der Waals surface area contributed by atoms with Crippen LogP contribution in [0.5, 0.6) is 0 Å². The summed E-state index contributed by atoms with van der Waals surface area (Å²) in [5.41, 5.74) is 6.84. The summed E-state index contributed by atoms with van der Waals surface area (Å²) in [6.07, 6.45) is 24.3. The average molecular weight is 1500 g/mol. The molecule has 3 aliphatic heterocycles. The van der Waals surface area contributed by atoms with Crippen molar-refractivity contribution in [2.24, 2.45) is 0 Å². The maximum absolute atomic E-state index is 13.9. The molecule has 3 aliphatic carbocycles. The summed E-state index contributed by atoms with van der Waals surface area (Å²) in [6, 6.07) is 12.0. The molecule has 6 aliphatic rings. The van der Waals surface area contributed by atoms with Gasteiger partial charge in [-0.2, -0.15) is 15.0 Å². The van der Waals surface area contributed by atoms with Crippen LogP contribution in [-0.2, 0) is 9.47 Å². The van der Waals surface area contributed by atoms with Gasteiger partial charge < -0.3 is 55.7 Å². The highest BCUT2D eigenvalue weighted by molar-refractivity contribution is 6.00. The van der Waals surface area contributed by atoms with E-state index in [2.05, 4.69) is 84.7 Å². The number of carbonyl (C=O) groups excluding carboxylic acids is 3. The smallest absolute Gasteiger partial charge is 0.410 e. The van der Waals surface area contributed by atoms with Gasteiger partial charge in [0.05, 0.1) is 58.9 Å². The summed E-state index contributed by atoms with van der Waals surface area (Å²) in [4.78, 5) is 128. The Kier molecular flexibility index (Phi) is 24.2. The van der Waals surface area contributed by atoms with Gasteiger partial charge in [0.15, 0.2) is 11.6 Å². The van der Waals surface area contributed by atoms with Crippen LogP contribution in [0.25, 0.3) is 38.9 Å². The molecule has 29 heteroatoms. The van der Waals surface area contributed by atoms with Gasteiger partial charge in [0.25, 0.3) is 16.7 Å². The highest BCUT2D eigenvalue weighted by Crippen LogP contribution is 2.37. The van der Waals surface area contributed by atoms with Crippen LogP contribution in [0, 0.1) is 20.8 Å². The third-order valence-corrected chi connectivity index (χ3v) is 21.7. The van der Waals surface area contributed by atoms with Gasteiger partial charge in [0, 0.05) is 131 Å². The lowest BCUT2D eigenvalue weighted by Crippen LogP contribution is -2.50. The number of carbonyl (C=O) groups is 3.